The minimum absolute atomic E-state index is 0.0282. The Morgan fingerprint density at radius 3 is 2.44 bits per heavy atom. The second-order valence-corrected chi connectivity index (χ2v) is 5.30. The summed E-state index contributed by atoms with van der Waals surface area (Å²) in [6.45, 7) is 1.42. The van der Waals surface area contributed by atoms with Crippen LogP contribution in [0.3, 0.4) is 0 Å². The predicted molar refractivity (Wildman–Crippen MR) is 89.9 cm³/mol. The summed E-state index contributed by atoms with van der Waals surface area (Å²) in [5, 5.41) is 24.0. The molecule has 2 aromatic carbocycles. The predicted octanol–water partition coefficient (Wildman–Crippen LogP) is 3.56. The summed E-state index contributed by atoms with van der Waals surface area (Å²) in [4.78, 5) is 32.6. The van der Waals surface area contributed by atoms with Crippen LogP contribution >= 0.6 is 11.6 Å². The van der Waals surface area contributed by atoms with Crippen LogP contribution < -0.4 is 10.1 Å². The van der Waals surface area contributed by atoms with Crippen LogP contribution in [0.25, 0.3) is 0 Å². The molecule has 0 aliphatic heterocycles. The van der Waals surface area contributed by atoms with Crippen LogP contribution in [0, 0.1) is 20.2 Å². The standard InChI is InChI=1S/C15H12ClN3O6/c1-9(25-14-7-6-10(18(21)22)8-11(14)16)15(20)17-12-4-2-3-5-13(12)19(23)24/h2-9H,1H3,(H,17,20)/t9-/m0/s1. The number of carbonyl (C=O) groups is 1. The Hall–Kier alpha value is -3.20. The highest BCUT2D eigenvalue weighted by atomic mass is 35.5. The van der Waals surface area contributed by atoms with E-state index in [1.165, 1.54) is 37.3 Å². The zero-order valence-corrected chi connectivity index (χ0v) is 13.6. The normalized spacial score (nSPS) is 11.4. The number of rotatable bonds is 6. The lowest BCUT2D eigenvalue weighted by Gasteiger charge is -2.15. The third-order valence-electron chi connectivity index (χ3n) is 3.16. The van der Waals surface area contributed by atoms with Gasteiger partial charge in [-0.1, -0.05) is 23.7 Å². The number of amides is 1. The molecular weight excluding hydrogens is 354 g/mol. The van der Waals surface area contributed by atoms with Crippen LogP contribution in [0.1, 0.15) is 6.92 Å². The van der Waals surface area contributed by atoms with Crippen LogP contribution in [0.5, 0.6) is 5.75 Å². The molecule has 0 radical (unpaired) electrons. The van der Waals surface area contributed by atoms with Gasteiger partial charge in [-0.25, -0.2) is 0 Å². The Kier molecular flexibility index (Phi) is 5.50. The number of benzene rings is 2. The highest BCUT2D eigenvalue weighted by Crippen LogP contribution is 2.30. The zero-order valence-electron chi connectivity index (χ0n) is 12.8. The molecule has 2 rings (SSSR count). The lowest BCUT2D eigenvalue weighted by Crippen LogP contribution is -2.30. The first kappa shape index (κ1) is 18.1. The van der Waals surface area contributed by atoms with E-state index in [1.54, 1.807) is 6.07 Å². The van der Waals surface area contributed by atoms with E-state index in [0.717, 1.165) is 6.07 Å². The molecule has 0 saturated carbocycles. The smallest absolute Gasteiger partial charge is 0.292 e. The van der Waals surface area contributed by atoms with Crippen LogP contribution in [0.4, 0.5) is 17.1 Å². The lowest BCUT2D eigenvalue weighted by molar-refractivity contribution is -0.384. The number of ether oxygens (including phenoxy) is 1. The van der Waals surface area contributed by atoms with E-state index in [4.69, 9.17) is 16.3 Å². The van der Waals surface area contributed by atoms with Gasteiger partial charge in [0.1, 0.15) is 11.4 Å². The quantitative estimate of drug-likeness (QED) is 0.616. The number of hydrogen-bond acceptors (Lipinski definition) is 6. The summed E-state index contributed by atoms with van der Waals surface area (Å²) in [5.74, 6) is -0.554. The molecule has 1 amide bonds. The Morgan fingerprint density at radius 2 is 1.84 bits per heavy atom. The van der Waals surface area contributed by atoms with E-state index < -0.39 is 21.9 Å². The molecule has 1 N–H and O–H groups in total. The van der Waals surface area contributed by atoms with Crippen molar-refractivity contribution in [3.8, 4) is 5.75 Å². The number of carbonyl (C=O) groups excluding carboxylic acids is 1. The van der Waals surface area contributed by atoms with E-state index in [-0.39, 0.29) is 27.8 Å². The molecule has 0 unspecified atom stereocenters. The van der Waals surface area contributed by atoms with Crippen molar-refractivity contribution in [2.45, 2.75) is 13.0 Å². The van der Waals surface area contributed by atoms with Crippen LogP contribution in [-0.4, -0.2) is 21.9 Å². The first-order valence-corrected chi connectivity index (χ1v) is 7.32. The van der Waals surface area contributed by atoms with Crippen LogP contribution in [0.15, 0.2) is 42.5 Å². The molecule has 9 nitrogen and oxygen atoms in total. The number of nitro benzene ring substituents is 2. The summed E-state index contributed by atoms with van der Waals surface area (Å²) in [6, 6.07) is 9.23. The third kappa shape index (κ3) is 4.42. The van der Waals surface area contributed by atoms with E-state index >= 15 is 0 Å². The first-order chi connectivity index (χ1) is 11.8. The van der Waals surface area contributed by atoms with Crippen molar-refractivity contribution in [1.82, 2.24) is 0 Å². The monoisotopic (exact) mass is 365 g/mol. The van der Waals surface area contributed by atoms with Gasteiger partial charge in [0.15, 0.2) is 6.10 Å². The first-order valence-electron chi connectivity index (χ1n) is 6.94. The molecule has 0 aliphatic rings. The van der Waals surface area contributed by atoms with Crippen molar-refractivity contribution in [1.29, 1.82) is 0 Å². The number of anilines is 1. The van der Waals surface area contributed by atoms with Gasteiger partial charge in [-0.05, 0) is 19.1 Å². The molecule has 1 atom stereocenters. The van der Waals surface area contributed by atoms with Crippen molar-refractivity contribution >= 4 is 34.6 Å². The summed E-state index contributed by atoms with van der Waals surface area (Å²) >= 11 is 5.90. The van der Waals surface area contributed by atoms with E-state index in [1.807, 2.05) is 0 Å². The maximum atomic E-state index is 12.2. The van der Waals surface area contributed by atoms with Gasteiger partial charge < -0.3 is 10.1 Å². The third-order valence-corrected chi connectivity index (χ3v) is 3.45. The Bertz CT molecular complexity index is 842. The molecule has 0 spiro atoms. The van der Waals surface area contributed by atoms with Gasteiger partial charge in [-0.2, -0.15) is 0 Å². The second-order valence-electron chi connectivity index (χ2n) is 4.90. The van der Waals surface area contributed by atoms with E-state index in [0.29, 0.717) is 0 Å². The summed E-state index contributed by atoms with van der Waals surface area (Å²) in [7, 11) is 0. The fourth-order valence-electron chi connectivity index (χ4n) is 1.92. The summed E-state index contributed by atoms with van der Waals surface area (Å²) in [6.07, 6.45) is -1.04. The largest absolute Gasteiger partial charge is 0.479 e. The number of non-ortho nitro benzene ring substituents is 1. The maximum Gasteiger partial charge on any atom is 0.292 e. The molecule has 0 aliphatic carbocycles. The molecule has 2 aromatic rings. The summed E-state index contributed by atoms with van der Waals surface area (Å²) < 4.78 is 5.38. The topological polar surface area (TPSA) is 125 Å². The number of nitro groups is 2. The van der Waals surface area contributed by atoms with Gasteiger partial charge >= 0.3 is 0 Å². The summed E-state index contributed by atoms with van der Waals surface area (Å²) in [5.41, 5.74) is -0.437. The van der Waals surface area contributed by atoms with Crippen molar-refractivity contribution in [2.24, 2.45) is 0 Å². The van der Waals surface area contributed by atoms with Gasteiger partial charge in [-0.15, -0.1) is 0 Å². The minimum Gasteiger partial charge on any atom is -0.479 e. The van der Waals surface area contributed by atoms with Crippen LogP contribution in [-0.2, 0) is 4.79 Å². The molecule has 0 bridgehead atoms. The molecular formula is C15H12ClN3O6. The molecule has 0 fully saturated rings. The van der Waals surface area contributed by atoms with Gasteiger partial charge in [0.05, 0.1) is 14.9 Å². The van der Waals surface area contributed by atoms with Crippen molar-refractivity contribution in [2.75, 3.05) is 5.32 Å². The molecule has 130 valence electrons. The Balaban J connectivity index is 2.11. The SMILES string of the molecule is C[C@H](Oc1ccc([N+](=O)[O-])cc1Cl)C(=O)Nc1ccccc1[N+](=O)[O-]. The molecule has 0 heterocycles. The number of para-hydroxylation sites is 2. The maximum absolute atomic E-state index is 12.2. The number of halogens is 1. The highest BCUT2D eigenvalue weighted by molar-refractivity contribution is 6.32. The van der Waals surface area contributed by atoms with E-state index in [2.05, 4.69) is 5.32 Å². The number of nitrogens with one attached hydrogen (secondary N) is 1. The average molecular weight is 366 g/mol. The van der Waals surface area contributed by atoms with E-state index in [9.17, 15) is 25.0 Å². The number of nitrogens with zero attached hydrogens (tertiary/aromatic N) is 2. The molecule has 25 heavy (non-hydrogen) atoms. The second kappa shape index (κ2) is 7.58. The number of hydrogen-bond donors (Lipinski definition) is 1. The fraction of sp³-hybridized carbons (Fsp3) is 0.133. The van der Waals surface area contributed by atoms with Crippen molar-refractivity contribution in [3.63, 3.8) is 0 Å². The van der Waals surface area contributed by atoms with Gasteiger partial charge in [0.2, 0.25) is 0 Å². The fourth-order valence-corrected chi connectivity index (χ4v) is 2.14. The van der Waals surface area contributed by atoms with Crippen molar-refractivity contribution < 1.29 is 19.4 Å². The zero-order chi connectivity index (χ0) is 18.6. The average Bonchev–Trinajstić information content (AvgIpc) is 2.56. The highest BCUT2D eigenvalue weighted by Gasteiger charge is 2.21. The Morgan fingerprint density at radius 1 is 1.16 bits per heavy atom. The minimum atomic E-state index is -1.04. The van der Waals surface area contributed by atoms with Gasteiger partial charge in [-0.3, -0.25) is 25.0 Å². The van der Waals surface area contributed by atoms with Crippen molar-refractivity contribution in [3.05, 3.63) is 67.7 Å². The molecule has 0 saturated heterocycles. The van der Waals surface area contributed by atoms with Gasteiger partial charge in [0, 0.05) is 18.2 Å². The molecule has 0 aromatic heterocycles. The molecule has 10 heteroatoms. The Labute approximate surface area is 146 Å². The van der Waals surface area contributed by atoms with Gasteiger partial charge in [0.25, 0.3) is 17.3 Å². The lowest BCUT2D eigenvalue weighted by atomic mass is 10.2. The van der Waals surface area contributed by atoms with Crippen LogP contribution in [0.2, 0.25) is 5.02 Å².